The molecule has 1 N–H and O–H groups in total. The maximum absolute atomic E-state index is 12.5. The molecule has 2 aromatic rings. The van der Waals surface area contributed by atoms with Crippen LogP contribution in [0, 0.1) is 0 Å². The number of likely N-dealkylation sites (tertiary alicyclic amines) is 1. The van der Waals surface area contributed by atoms with Crippen molar-refractivity contribution in [2.75, 3.05) is 19.7 Å². The van der Waals surface area contributed by atoms with Crippen LogP contribution in [0.4, 0.5) is 4.79 Å². The Morgan fingerprint density at radius 3 is 3.04 bits per heavy atom. The summed E-state index contributed by atoms with van der Waals surface area (Å²) in [5.41, 5.74) is 0. The largest absolute Gasteiger partial charge is 0.454 e. The van der Waals surface area contributed by atoms with E-state index in [9.17, 15) is 9.59 Å². The summed E-state index contributed by atoms with van der Waals surface area (Å²) < 4.78 is 12.4. The number of hydrogen-bond donors (Lipinski definition) is 1. The minimum absolute atomic E-state index is 0.117. The van der Waals surface area contributed by atoms with E-state index in [4.69, 9.17) is 9.15 Å². The molecule has 0 spiro atoms. The van der Waals surface area contributed by atoms with Crippen molar-refractivity contribution < 1.29 is 18.7 Å². The van der Waals surface area contributed by atoms with Crippen LogP contribution < -0.4 is 5.32 Å². The molecule has 3 rings (SSSR count). The van der Waals surface area contributed by atoms with E-state index in [1.54, 1.807) is 34.8 Å². The van der Waals surface area contributed by atoms with Crippen molar-refractivity contribution in [2.24, 2.45) is 0 Å². The number of hydrogen-bond acceptors (Lipinski definition) is 5. The quantitative estimate of drug-likeness (QED) is 0.883. The number of aromatic nitrogens is 2. The Balaban J connectivity index is 1.58. The Hall–Kier alpha value is -2.77. The molecule has 1 aliphatic heterocycles. The monoisotopic (exact) mass is 360 g/mol. The predicted molar refractivity (Wildman–Crippen MR) is 93.7 cm³/mol. The molecule has 2 aromatic heterocycles. The highest BCUT2D eigenvalue weighted by atomic mass is 16.6. The van der Waals surface area contributed by atoms with Crippen LogP contribution >= 0.6 is 0 Å². The zero-order valence-corrected chi connectivity index (χ0v) is 14.9. The third-order valence-electron chi connectivity index (χ3n) is 4.30. The number of rotatable bonds is 5. The van der Waals surface area contributed by atoms with Crippen molar-refractivity contribution in [2.45, 2.75) is 38.8 Å². The number of amides is 2. The molecule has 1 aliphatic rings. The van der Waals surface area contributed by atoms with Gasteiger partial charge in [0, 0.05) is 31.5 Å². The Morgan fingerprint density at radius 2 is 2.27 bits per heavy atom. The molecule has 0 unspecified atom stereocenters. The molecule has 1 fully saturated rings. The zero-order chi connectivity index (χ0) is 18.4. The summed E-state index contributed by atoms with van der Waals surface area (Å²) in [6.45, 7) is 3.70. The molecule has 140 valence electrons. The number of carbonyl (C=O) groups excluding carboxylic acids is 2. The molecular weight excluding hydrogens is 336 g/mol. The van der Waals surface area contributed by atoms with Crippen molar-refractivity contribution in [1.29, 1.82) is 0 Å². The fourth-order valence-corrected chi connectivity index (χ4v) is 3.04. The van der Waals surface area contributed by atoms with Gasteiger partial charge in [0.2, 0.25) is 0 Å². The van der Waals surface area contributed by atoms with Gasteiger partial charge in [-0.3, -0.25) is 9.48 Å². The van der Waals surface area contributed by atoms with Crippen LogP contribution in [0.3, 0.4) is 0 Å². The average molecular weight is 360 g/mol. The molecule has 8 heteroatoms. The normalized spacial score (nSPS) is 17.6. The van der Waals surface area contributed by atoms with E-state index in [0.29, 0.717) is 32.0 Å². The van der Waals surface area contributed by atoms with Gasteiger partial charge in [-0.15, -0.1) is 0 Å². The summed E-state index contributed by atoms with van der Waals surface area (Å²) in [7, 11) is 0. The molecule has 1 atom stereocenters. The maximum atomic E-state index is 12.5. The molecule has 2 amide bonds. The lowest BCUT2D eigenvalue weighted by atomic mass is 10.1. The topological polar surface area (TPSA) is 89.6 Å². The van der Waals surface area contributed by atoms with E-state index in [0.717, 1.165) is 19.3 Å². The van der Waals surface area contributed by atoms with Crippen LogP contribution in [0.1, 0.15) is 42.5 Å². The van der Waals surface area contributed by atoms with Gasteiger partial charge >= 0.3 is 6.09 Å². The van der Waals surface area contributed by atoms with Crippen LogP contribution in [0.15, 0.2) is 35.0 Å². The van der Waals surface area contributed by atoms with E-state index < -0.39 is 0 Å². The summed E-state index contributed by atoms with van der Waals surface area (Å²) in [6, 6.07) is 5.15. The van der Waals surface area contributed by atoms with Crippen LogP contribution in [0.25, 0.3) is 0 Å². The lowest BCUT2D eigenvalue weighted by molar-refractivity contribution is 0.0870. The zero-order valence-electron chi connectivity index (χ0n) is 14.9. The van der Waals surface area contributed by atoms with Crippen molar-refractivity contribution in [3.05, 3.63) is 42.1 Å². The highest BCUT2D eigenvalue weighted by Crippen LogP contribution is 2.14. The number of furan rings is 1. The molecule has 0 aromatic carbocycles. The lowest BCUT2D eigenvalue weighted by Gasteiger charge is -2.24. The summed E-state index contributed by atoms with van der Waals surface area (Å²) in [4.78, 5) is 26.1. The van der Waals surface area contributed by atoms with E-state index in [1.807, 2.05) is 12.3 Å². The molecule has 8 nitrogen and oxygen atoms in total. The van der Waals surface area contributed by atoms with Gasteiger partial charge in [0.1, 0.15) is 5.76 Å². The predicted octanol–water partition coefficient (Wildman–Crippen LogP) is 2.27. The molecular formula is C18H24N4O4. The molecule has 3 heterocycles. The highest BCUT2D eigenvalue weighted by molar-refractivity contribution is 5.91. The second-order valence-corrected chi connectivity index (χ2v) is 6.28. The lowest BCUT2D eigenvalue weighted by Crippen LogP contribution is -2.44. The summed E-state index contributed by atoms with van der Waals surface area (Å²) in [5, 5.41) is 7.09. The molecule has 0 bridgehead atoms. The minimum atomic E-state index is -0.326. The highest BCUT2D eigenvalue weighted by Gasteiger charge is 2.25. The smallest absolute Gasteiger partial charge is 0.409 e. The summed E-state index contributed by atoms with van der Waals surface area (Å²) >= 11 is 0. The number of carbonyl (C=O) groups is 2. The maximum Gasteiger partial charge on any atom is 0.409 e. The van der Waals surface area contributed by atoms with E-state index >= 15 is 0 Å². The summed E-state index contributed by atoms with van der Waals surface area (Å²) in [6.07, 6.45) is 5.87. The first-order valence-electron chi connectivity index (χ1n) is 8.94. The fourth-order valence-electron chi connectivity index (χ4n) is 3.04. The van der Waals surface area contributed by atoms with E-state index in [2.05, 4.69) is 10.4 Å². The standard InChI is InChI=1S/C18H24N4O4/c1-2-25-18(24)21-10-4-3-6-14(12-21)20-17(23)16-8-7-15(26-16)13-22-11-5-9-19-22/h5,7-9,11,14H,2-4,6,10,12-13H2,1H3,(H,20,23)/t14-/m0/s1. The van der Waals surface area contributed by atoms with Crippen molar-refractivity contribution in [3.63, 3.8) is 0 Å². The number of nitrogens with one attached hydrogen (secondary N) is 1. The Kier molecular flexibility index (Phi) is 5.93. The Bertz CT molecular complexity index is 725. The first-order valence-corrected chi connectivity index (χ1v) is 8.94. The summed E-state index contributed by atoms with van der Waals surface area (Å²) in [5.74, 6) is 0.652. The van der Waals surface area contributed by atoms with Crippen molar-refractivity contribution in [3.8, 4) is 0 Å². The average Bonchev–Trinajstić information content (AvgIpc) is 3.24. The number of nitrogens with zero attached hydrogens (tertiary/aromatic N) is 3. The Morgan fingerprint density at radius 1 is 1.38 bits per heavy atom. The van der Waals surface area contributed by atoms with Crippen LogP contribution in [-0.2, 0) is 11.3 Å². The van der Waals surface area contributed by atoms with Gasteiger partial charge in [-0.2, -0.15) is 5.10 Å². The SMILES string of the molecule is CCOC(=O)N1CCCC[C@H](NC(=O)c2ccc(Cn3cccn3)o2)C1. The minimum Gasteiger partial charge on any atom is -0.454 e. The van der Waals surface area contributed by atoms with E-state index in [1.165, 1.54) is 0 Å². The fraction of sp³-hybridized carbons (Fsp3) is 0.500. The second kappa shape index (κ2) is 8.55. The van der Waals surface area contributed by atoms with Crippen LogP contribution in [0.2, 0.25) is 0 Å². The molecule has 0 radical (unpaired) electrons. The van der Waals surface area contributed by atoms with Gasteiger partial charge in [0.25, 0.3) is 5.91 Å². The first-order chi connectivity index (χ1) is 12.7. The molecule has 1 saturated heterocycles. The van der Waals surface area contributed by atoms with Crippen molar-refractivity contribution in [1.82, 2.24) is 20.0 Å². The van der Waals surface area contributed by atoms with Gasteiger partial charge < -0.3 is 19.4 Å². The Labute approximate surface area is 152 Å². The van der Waals surface area contributed by atoms with Crippen LogP contribution in [0.5, 0.6) is 0 Å². The van der Waals surface area contributed by atoms with Gasteiger partial charge in [-0.05, 0) is 44.4 Å². The number of ether oxygens (including phenoxy) is 1. The third-order valence-corrected chi connectivity index (χ3v) is 4.30. The van der Waals surface area contributed by atoms with Gasteiger partial charge in [0.15, 0.2) is 5.76 Å². The van der Waals surface area contributed by atoms with Gasteiger partial charge in [-0.1, -0.05) is 0 Å². The molecule has 26 heavy (non-hydrogen) atoms. The third kappa shape index (κ3) is 4.65. The van der Waals surface area contributed by atoms with Crippen LogP contribution in [-0.4, -0.2) is 52.4 Å². The van der Waals surface area contributed by atoms with Crippen molar-refractivity contribution >= 4 is 12.0 Å². The first kappa shape index (κ1) is 18.0. The van der Waals surface area contributed by atoms with E-state index in [-0.39, 0.29) is 23.8 Å². The van der Waals surface area contributed by atoms with Gasteiger partial charge in [0.05, 0.1) is 13.2 Å². The van der Waals surface area contributed by atoms with Gasteiger partial charge in [-0.25, -0.2) is 4.79 Å². The molecule has 0 saturated carbocycles. The second-order valence-electron chi connectivity index (χ2n) is 6.28. The molecule has 0 aliphatic carbocycles.